The highest BCUT2D eigenvalue weighted by Gasteiger charge is 2.29. The van der Waals surface area contributed by atoms with E-state index in [1.165, 1.54) is 10.6 Å². The van der Waals surface area contributed by atoms with Gasteiger partial charge in [0.25, 0.3) is 0 Å². The minimum Gasteiger partial charge on any atom is -0.350 e. The minimum absolute atomic E-state index is 0.228. The highest BCUT2D eigenvalue weighted by atomic mass is 35.5. The number of Topliss-reactive ketones (excluding diaryl/α,β-unsaturated/α-hetero) is 1. The molecule has 1 N–H and O–H groups in total. The number of ketones is 1. The molecule has 0 bridgehead atoms. The van der Waals surface area contributed by atoms with Gasteiger partial charge in [-0.05, 0) is 11.6 Å². The first-order chi connectivity index (χ1) is 10.5. The first kappa shape index (κ1) is 15.8. The Morgan fingerprint density at radius 3 is 2.59 bits per heavy atom. The van der Waals surface area contributed by atoms with Gasteiger partial charge in [0.2, 0.25) is 11.7 Å². The molecule has 0 aliphatic rings. The molecule has 0 saturated carbocycles. The second-order valence-corrected chi connectivity index (χ2v) is 5.22. The van der Waals surface area contributed by atoms with Crippen LogP contribution in [0.25, 0.3) is 0 Å². The van der Waals surface area contributed by atoms with Crippen molar-refractivity contribution in [1.82, 2.24) is 9.88 Å². The average Bonchev–Trinajstić information content (AvgIpc) is 2.85. The van der Waals surface area contributed by atoms with E-state index in [0.717, 1.165) is 5.56 Å². The molecule has 1 unspecified atom stereocenters. The standard InChI is InChI=1S/C16H14ClN3O2/c1-20-10-12(17)7-14(20)15(21)13(8-18)16(22)19-9-11-5-3-2-4-6-11/h2-7,10,13H,9H2,1H3,(H,19,22). The van der Waals surface area contributed by atoms with Crippen LogP contribution in [0.1, 0.15) is 16.1 Å². The quantitative estimate of drug-likeness (QED) is 0.679. The van der Waals surface area contributed by atoms with E-state index in [4.69, 9.17) is 16.9 Å². The van der Waals surface area contributed by atoms with Crippen LogP contribution in [0, 0.1) is 17.2 Å². The largest absolute Gasteiger partial charge is 0.350 e. The molecule has 112 valence electrons. The molecule has 22 heavy (non-hydrogen) atoms. The zero-order valence-electron chi connectivity index (χ0n) is 11.9. The number of aromatic nitrogens is 1. The van der Waals surface area contributed by atoms with Gasteiger partial charge in [-0.1, -0.05) is 41.9 Å². The summed E-state index contributed by atoms with van der Waals surface area (Å²) in [5, 5.41) is 12.1. The van der Waals surface area contributed by atoms with Crippen LogP contribution < -0.4 is 5.32 Å². The van der Waals surface area contributed by atoms with Crippen molar-refractivity contribution in [3.8, 4) is 6.07 Å². The van der Waals surface area contributed by atoms with E-state index >= 15 is 0 Å². The van der Waals surface area contributed by atoms with E-state index < -0.39 is 17.6 Å². The van der Waals surface area contributed by atoms with Crippen molar-refractivity contribution >= 4 is 23.3 Å². The van der Waals surface area contributed by atoms with Gasteiger partial charge in [0.05, 0.1) is 16.8 Å². The summed E-state index contributed by atoms with van der Waals surface area (Å²) in [6.07, 6.45) is 1.55. The number of nitrogens with zero attached hydrogens (tertiary/aromatic N) is 2. The minimum atomic E-state index is -1.40. The maximum Gasteiger partial charge on any atom is 0.245 e. The number of amides is 1. The molecule has 0 aliphatic carbocycles. The maximum atomic E-state index is 12.3. The number of halogens is 1. The van der Waals surface area contributed by atoms with Crippen molar-refractivity contribution in [2.45, 2.75) is 6.54 Å². The molecule has 0 saturated heterocycles. The summed E-state index contributed by atoms with van der Waals surface area (Å²) >= 11 is 5.82. The van der Waals surface area contributed by atoms with Crippen LogP contribution in [0.5, 0.6) is 0 Å². The Morgan fingerprint density at radius 2 is 2.05 bits per heavy atom. The Kier molecular flexibility index (Phi) is 4.97. The molecule has 2 rings (SSSR count). The van der Waals surface area contributed by atoms with Gasteiger partial charge in [-0.15, -0.1) is 0 Å². The van der Waals surface area contributed by atoms with Gasteiger partial charge < -0.3 is 9.88 Å². The van der Waals surface area contributed by atoms with Crippen LogP contribution in [0.2, 0.25) is 5.02 Å². The lowest BCUT2D eigenvalue weighted by Gasteiger charge is -2.10. The Balaban J connectivity index is 2.08. The van der Waals surface area contributed by atoms with Gasteiger partial charge in [-0.2, -0.15) is 5.26 Å². The highest BCUT2D eigenvalue weighted by Crippen LogP contribution is 2.16. The third kappa shape index (κ3) is 3.54. The summed E-state index contributed by atoms with van der Waals surface area (Å²) in [5.41, 5.74) is 1.12. The molecule has 0 aliphatic heterocycles. The second kappa shape index (κ2) is 6.92. The van der Waals surface area contributed by atoms with Gasteiger partial charge >= 0.3 is 0 Å². The number of nitriles is 1. The van der Waals surface area contributed by atoms with Crippen molar-refractivity contribution in [3.63, 3.8) is 0 Å². The van der Waals surface area contributed by atoms with Crippen molar-refractivity contribution in [1.29, 1.82) is 5.26 Å². The second-order valence-electron chi connectivity index (χ2n) is 4.78. The van der Waals surface area contributed by atoms with Crippen molar-refractivity contribution in [2.75, 3.05) is 0 Å². The summed E-state index contributed by atoms with van der Waals surface area (Å²) in [4.78, 5) is 24.4. The highest BCUT2D eigenvalue weighted by molar-refractivity contribution is 6.31. The van der Waals surface area contributed by atoms with E-state index in [1.54, 1.807) is 19.3 Å². The van der Waals surface area contributed by atoms with E-state index in [2.05, 4.69) is 5.32 Å². The molecular weight excluding hydrogens is 302 g/mol. The van der Waals surface area contributed by atoms with Crippen LogP contribution in [0.4, 0.5) is 0 Å². The lowest BCUT2D eigenvalue weighted by molar-refractivity contribution is -0.122. The number of rotatable bonds is 5. The smallest absolute Gasteiger partial charge is 0.245 e. The van der Waals surface area contributed by atoms with Crippen molar-refractivity contribution < 1.29 is 9.59 Å². The molecule has 1 aromatic carbocycles. The first-order valence-corrected chi connectivity index (χ1v) is 6.98. The Morgan fingerprint density at radius 1 is 1.36 bits per heavy atom. The number of nitrogens with one attached hydrogen (secondary N) is 1. The van der Waals surface area contributed by atoms with Gasteiger partial charge in [-0.3, -0.25) is 9.59 Å². The predicted octanol–water partition coefficient (Wildman–Crippen LogP) is 2.32. The molecule has 0 spiro atoms. The van der Waals surface area contributed by atoms with Gasteiger partial charge in [-0.25, -0.2) is 0 Å². The maximum absolute atomic E-state index is 12.3. The number of carbonyl (C=O) groups is 2. The normalized spacial score (nSPS) is 11.5. The molecule has 6 heteroatoms. The average molecular weight is 316 g/mol. The lowest BCUT2D eigenvalue weighted by Crippen LogP contribution is -2.34. The first-order valence-electron chi connectivity index (χ1n) is 6.60. The lowest BCUT2D eigenvalue weighted by atomic mass is 10.0. The number of hydrogen-bond donors (Lipinski definition) is 1. The Bertz CT molecular complexity index is 732. The Hall–Kier alpha value is -2.58. The summed E-state index contributed by atoms with van der Waals surface area (Å²) in [6.45, 7) is 0.263. The number of aryl methyl sites for hydroxylation is 1. The number of hydrogen-bond acceptors (Lipinski definition) is 3. The Labute approximate surface area is 133 Å². The zero-order valence-corrected chi connectivity index (χ0v) is 12.7. The third-order valence-corrected chi connectivity index (χ3v) is 3.39. The van der Waals surface area contributed by atoms with Gasteiger partial charge in [0, 0.05) is 19.8 Å². The van der Waals surface area contributed by atoms with Crippen LogP contribution in [-0.2, 0) is 18.4 Å². The summed E-state index contributed by atoms with van der Waals surface area (Å²) in [5.74, 6) is -2.58. The molecule has 1 amide bonds. The third-order valence-electron chi connectivity index (χ3n) is 3.19. The number of carbonyl (C=O) groups excluding carboxylic acids is 2. The van der Waals surface area contributed by atoms with Crippen LogP contribution in [0.15, 0.2) is 42.6 Å². The fraction of sp³-hybridized carbons (Fsp3) is 0.188. The molecule has 2 aromatic rings. The monoisotopic (exact) mass is 315 g/mol. The zero-order chi connectivity index (χ0) is 16.1. The van der Waals surface area contributed by atoms with Gasteiger partial charge in [0.1, 0.15) is 0 Å². The van der Waals surface area contributed by atoms with Crippen LogP contribution in [0.3, 0.4) is 0 Å². The van der Waals surface area contributed by atoms with E-state index in [0.29, 0.717) is 5.02 Å². The van der Waals surface area contributed by atoms with E-state index in [1.807, 2.05) is 30.3 Å². The SMILES string of the molecule is Cn1cc(Cl)cc1C(=O)C(C#N)C(=O)NCc1ccccc1. The fourth-order valence-electron chi connectivity index (χ4n) is 2.04. The molecule has 5 nitrogen and oxygen atoms in total. The fourth-order valence-corrected chi connectivity index (χ4v) is 2.29. The van der Waals surface area contributed by atoms with Crippen molar-refractivity contribution in [2.24, 2.45) is 13.0 Å². The molecule has 1 atom stereocenters. The molecular formula is C16H14ClN3O2. The topological polar surface area (TPSA) is 74.9 Å². The molecule has 1 aromatic heterocycles. The van der Waals surface area contributed by atoms with E-state index in [9.17, 15) is 9.59 Å². The molecule has 1 heterocycles. The molecule has 0 fully saturated rings. The molecule has 0 radical (unpaired) electrons. The van der Waals surface area contributed by atoms with Crippen LogP contribution >= 0.6 is 11.6 Å². The summed E-state index contributed by atoms with van der Waals surface area (Å²) < 4.78 is 1.50. The summed E-state index contributed by atoms with van der Waals surface area (Å²) in [6, 6.07) is 12.5. The van der Waals surface area contributed by atoms with E-state index in [-0.39, 0.29) is 12.2 Å². The van der Waals surface area contributed by atoms with Crippen molar-refractivity contribution in [3.05, 3.63) is 58.9 Å². The summed E-state index contributed by atoms with van der Waals surface area (Å²) in [7, 11) is 1.63. The number of benzene rings is 1. The predicted molar refractivity (Wildman–Crippen MR) is 82.1 cm³/mol. The van der Waals surface area contributed by atoms with Gasteiger partial charge in [0.15, 0.2) is 5.92 Å². The van der Waals surface area contributed by atoms with Crippen LogP contribution in [-0.4, -0.2) is 16.3 Å².